The van der Waals surface area contributed by atoms with E-state index in [-0.39, 0.29) is 0 Å². The molecule has 1 fully saturated rings. The normalized spacial score (nSPS) is 26.1. The average Bonchev–Trinajstić information content (AvgIpc) is 2.88. The molecule has 1 nitrogen and oxygen atoms in total. The van der Waals surface area contributed by atoms with Gasteiger partial charge in [-0.2, -0.15) is 0 Å². The van der Waals surface area contributed by atoms with Crippen LogP contribution in [0.5, 0.6) is 0 Å². The third-order valence-corrected chi connectivity index (χ3v) is 3.19. The van der Waals surface area contributed by atoms with Crippen LogP contribution in [0.2, 0.25) is 5.02 Å². The standard InChI is InChI=1S/C11H13ClO/c1-7-2-3-8(5-11(7)12)10-4-9(10)6-13/h2-3,5,9-10,13H,4,6H2,1H3. The fraction of sp³-hybridized carbons (Fsp3) is 0.455. The summed E-state index contributed by atoms with van der Waals surface area (Å²) >= 11 is 6.01. The number of hydrogen-bond donors (Lipinski definition) is 1. The Hall–Kier alpha value is -0.530. The summed E-state index contributed by atoms with van der Waals surface area (Å²) in [6.45, 7) is 2.30. The van der Waals surface area contributed by atoms with Crippen LogP contribution >= 0.6 is 11.6 Å². The quantitative estimate of drug-likeness (QED) is 0.771. The zero-order chi connectivity index (χ0) is 9.42. The van der Waals surface area contributed by atoms with Gasteiger partial charge in [-0.15, -0.1) is 0 Å². The van der Waals surface area contributed by atoms with Gasteiger partial charge in [0.05, 0.1) is 0 Å². The minimum atomic E-state index is 0.302. The van der Waals surface area contributed by atoms with E-state index < -0.39 is 0 Å². The molecule has 0 aliphatic heterocycles. The van der Waals surface area contributed by atoms with Crippen molar-refractivity contribution >= 4 is 11.6 Å². The van der Waals surface area contributed by atoms with Gasteiger partial charge in [0.1, 0.15) is 0 Å². The van der Waals surface area contributed by atoms with E-state index in [2.05, 4.69) is 6.07 Å². The van der Waals surface area contributed by atoms with Crippen molar-refractivity contribution in [1.29, 1.82) is 0 Å². The number of rotatable bonds is 2. The highest BCUT2D eigenvalue weighted by molar-refractivity contribution is 6.31. The molecule has 0 heterocycles. The Bertz CT molecular complexity index is 322. The first-order valence-electron chi connectivity index (χ1n) is 4.59. The molecule has 0 spiro atoms. The van der Waals surface area contributed by atoms with Gasteiger partial charge in [0.15, 0.2) is 0 Å². The van der Waals surface area contributed by atoms with Crippen LogP contribution < -0.4 is 0 Å². The summed E-state index contributed by atoms with van der Waals surface area (Å²) in [7, 11) is 0. The van der Waals surface area contributed by atoms with Crippen LogP contribution in [0.25, 0.3) is 0 Å². The van der Waals surface area contributed by atoms with Crippen molar-refractivity contribution in [3.63, 3.8) is 0 Å². The summed E-state index contributed by atoms with van der Waals surface area (Å²) in [5.41, 5.74) is 2.39. The molecule has 1 aromatic rings. The third kappa shape index (κ3) is 1.72. The van der Waals surface area contributed by atoms with Gasteiger partial charge in [0.25, 0.3) is 0 Å². The van der Waals surface area contributed by atoms with Crippen molar-refractivity contribution in [2.24, 2.45) is 5.92 Å². The number of aliphatic hydroxyl groups excluding tert-OH is 1. The zero-order valence-electron chi connectivity index (χ0n) is 7.63. The number of hydrogen-bond acceptors (Lipinski definition) is 1. The van der Waals surface area contributed by atoms with Crippen molar-refractivity contribution in [2.75, 3.05) is 6.61 Å². The fourth-order valence-electron chi connectivity index (χ4n) is 1.70. The van der Waals surface area contributed by atoms with E-state index in [0.717, 1.165) is 17.0 Å². The number of benzene rings is 1. The van der Waals surface area contributed by atoms with Crippen LogP contribution in [0.3, 0.4) is 0 Å². The molecule has 0 aromatic heterocycles. The Morgan fingerprint density at radius 1 is 1.54 bits per heavy atom. The van der Waals surface area contributed by atoms with Gasteiger partial charge in [-0.25, -0.2) is 0 Å². The largest absolute Gasteiger partial charge is 0.396 e. The van der Waals surface area contributed by atoms with Gasteiger partial charge in [0, 0.05) is 11.6 Å². The summed E-state index contributed by atoms with van der Waals surface area (Å²) < 4.78 is 0. The first kappa shape index (κ1) is 9.04. The number of halogens is 1. The van der Waals surface area contributed by atoms with Gasteiger partial charge < -0.3 is 5.11 Å². The predicted octanol–water partition coefficient (Wildman–Crippen LogP) is 2.74. The summed E-state index contributed by atoms with van der Waals surface area (Å²) in [5, 5.41) is 9.76. The monoisotopic (exact) mass is 196 g/mol. The Balaban J connectivity index is 2.19. The van der Waals surface area contributed by atoms with Crippen molar-refractivity contribution < 1.29 is 5.11 Å². The first-order valence-corrected chi connectivity index (χ1v) is 4.97. The van der Waals surface area contributed by atoms with E-state index in [9.17, 15) is 0 Å². The highest BCUT2D eigenvalue weighted by Gasteiger charge is 2.37. The van der Waals surface area contributed by atoms with Crippen LogP contribution in [-0.2, 0) is 0 Å². The predicted molar refractivity (Wildman–Crippen MR) is 54.1 cm³/mol. The topological polar surface area (TPSA) is 20.2 Å². The second-order valence-corrected chi connectivity index (χ2v) is 4.20. The van der Waals surface area contributed by atoms with Gasteiger partial charge in [0.2, 0.25) is 0 Å². The van der Waals surface area contributed by atoms with Gasteiger partial charge >= 0.3 is 0 Å². The lowest BCUT2D eigenvalue weighted by molar-refractivity contribution is 0.274. The number of aliphatic hydroxyl groups is 1. The van der Waals surface area contributed by atoms with E-state index >= 15 is 0 Å². The molecule has 1 N–H and O–H groups in total. The van der Waals surface area contributed by atoms with Gasteiger partial charge in [-0.1, -0.05) is 23.7 Å². The maximum atomic E-state index is 8.93. The molecule has 70 valence electrons. The molecule has 0 radical (unpaired) electrons. The molecule has 0 bridgehead atoms. The Morgan fingerprint density at radius 3 is 2.85 bits per heavy atom. The lowest BCUT2D eigenvalue weighted by atomic mass is 10.1. The highest BCUT2D eigenvalue weighted by atomic mass is 35.5. The van der Waals surface area contributed by atoms with E-state index in [1.807, 2.05) is 19.1 Å². The highest BCUT2D eigenvalue weighted by Crippen LogP contribution is 2.47. The smallest absolute Gasteiger partial charge is 0.0465 e. The SMILES string of the molecule is Cc1ccc(C2CC2CO)cc1Cl. The molecule has 1 saturated carbocycles. The molecular weight excluding hydrogens is 184 g/mol. The van der Waals surface area contributed by atoms with Crippen LogP contribution in [-0.4, -0.2) is 11.7 Å². The van der Waals surface area contributed by atoms with E-state index in [1.165, 1.54) is 5.56 Å². The van der Waals surface area contributed by atoms with Crippen molar-refractivity contribution in [2.45, 2.75) is 19.3 Å². The van der Waals surface area contributed by atoms with Gasteiger partial charge in [-0.05, 0) is 42.4 Å². The lowest BCUT2D eigenvalue weighted by Gasteiger charge is -2.02. The molecule has 0 saturated heterocycles. The zero-order valence-corrected chi connectivity index (χ0v) is 8.38. The summed E-state index contributed by atoms with van der Waals surface area (Å²) in [5.74, 6) is 1.02. The molecule has 2 unspecified atom stereocenters. The molecule has 1 aromatic carbocycles. The average molecular weight is 197 g/mol. The van der Waals surface area contributed by atoms with E-state index in [1.54, 1.807) is 0 Å². The Labute approximate surface area is 83.3 Å². The fourth-order valence-corrected chi connectivity index (χ4v) is 1.89. The molecule has 2 atom stereocenters. The second kappa shape index (κ2) is 3.32. The van der Waals surface area contributed by atoms with Crippen LogP contribution in [0, 0.1) is 12.8 Å². The van der Waals surface area contributed by atoms with Crippen LogP contribution in [0.1, 0.15) is 23.5 Å². The molecule has 2 heteroatoms. The minimum absolute atomic E-state index is 0.302. The molecule has 0 amide bonds. The first-order chi connectivity index (χ1) is 6.22. The third-order valence-electron chi connectivity index (χ3n) is 2.78. The maximum absolute atomic E-state index is 8.93. The maximum Gasteiger partial charge on any atom is 0.0465 e. The summed E-state index contributed by atoms with van der Waals surface area (Å²) in [6, 6.07) is 6.18. The Kier molecular flexibility index (Phi) is 2.31. The summed E-state index contributed by atoms with van der Waals surface area (Å²) in [4.78, 5) is 0. The Morgan fingerprint density at radius 2 is 2.31 bits per heavy atom. The second-order valence-electron chi connectivity index (χ2n) is 3.79. The van der Waals surface area contributed by atoms with Crippen molar-refractivity contribution in [3.8, 4) is 0 Å². The van der Waals surface area contributed by atoms with Crippen molar-refractivity contribution in [1.82, 2.24) is 0 Å². The molecule has 13 heavy (non-hydrogen) atoms. The number of aryl methyl sites for hydroxylation is 1. The van der Waals surface area contributed by atoms with E-state index in [4.69, 9.17) is 16.7 Å². The molecule has 1 aliphatic carbocycles. The summed E-state index contributed by atoms with van der Waals surface area (Å²) in [6.07, 6.45) is 1.11. The van der Waals surface area contributed by atoms with Crippen LogP contribution in [0.4, 0.5) is 0 Å². The minimum Gasteiger partial charge on any atom is -0.396 e. The van der Waals surface area contributed by atoms with E-state index in [0.29, 0.717) is 18.4 Å². The molecular formula is C11H13ClO. The van der Waals surface area contributed by atoms with Gasteiger partial charge in [-0.3, -0.25) is 0 Å². The van der Waals surface area contributed by atoms with Crippen molar-refractivity contribution in [3.05, 3.63) is 34.3 Å². The van der Waals surface area contributed by atoms with Crippen LogP contribution in [0.15, 0.2) is 18.2 Å². The lowest BCUT2D eigenvalue weighted by Crippen LogP contribution is -1.89. The molecule has 2 rings (SSSR count). The molecule has 1 aliphatic rings.